The summed E-state index contributed by atoms with van der Waals surface area (Å²) in [4.78, 5) is 11.9. The van der Waals surface area contributed by atoms with Gasteiger partial charge in [0.1, 0.15) is 5.75 Å². The Labute approximate surface area is 136 Å². The van der Waals surface area contributed by atoms with Gasteiger partial charge in [0.25, 0.3) is 0 Å². The molecular weight excluding hydrogens is 288 g/mol. The van der Waals surface area contributed by atoms with Gasteiger partial charge in [-0.25, -0.2) is 0 Å². The Morgan fingerprint density at radius 1 is 1.13 bits per heavy atom. The van der Waals surface area contributed by atoms with E-state index in [0.717, 1.165) is 16.9 Å². The summed E-state index contributed by atoms with van der Waals surface area (Å²) < 4.78 is 10.4. The zero-order chi connectivity index (χ0) is 16.2. The summed E-state index contributed by atoms with van der Waals surface area (Å²) in [6.07, 6.45) is 2.54. The smallest absolute Gasteiger partial charge is 0.306 e. The number of carbonyl (C=O) groups excluding carboxylic acids is 1. The van der Waals surface area contributed by atoms with Crippen molar-refractivity contribution in [2.24, 2.45) is 0 Å². The Morgan fingerprint density at radius 2 is 1.96 bits per heavy atom. The molecule has 0 heterocycles. The van der Waals surface area contributed by atoms with E-state index in [-0.39, 0.29) is 11.9 Å². The standard InChI is InChI=1S/C20H20O3/c1-3-23-20(21)13-15-12-19(18-10-5-4-9-17(15)18)14-7-6-8-16(11-14)22-2/h4-12,15H,3,13H2,1-2H3. The molecule has 0 saturated heterocycles. The predicted octanol–water partition coefficient (Wildman–Crippen LogP) is 4.18. The monoisotopic (exact) mass is 308 g/mol. The highest BCUT2D eigenvalue weighted by atomic mass is 16.5. The molecule has 1 aliphatic rings. The van der Waals surface area contributed by atoms with Crippen molar-refractivity contribution in [1.29, 1.82) is 0 Å². The van der Waals surface area contributed by atoms with Crippen molar-refractivity contribution in [3.8, 4) is 5.75 Å². The minimum absolute atomic E-state index is 0.0615. The molecule has 0 N–H and O–H groups in total. The van der Waals surface area contributed by atoms with Crippen LogP contribution in [0.2, 0.25) is 0 Å². The van der Waals surface area contributed by atoms with E-state index in [4.69, 9.17) is 9.47 Å². The Bertz CT molecular complexity index is 746. The maximum atomic E-state index is 11.9. The zero-order valence-electron chi connectivity index (χ0n) is 13.4. The Morgan fingerprint density at radius 3 is 2.74 bits per heavy atom. The molecule has 0 bridgehead atoms. The number of rotatable bonds is 5. The quantitative estimate of drug-likeness (QED) is 0.777. The van der Waals surface area contributed by atoms with E-state index in [1.165, 1.54) is 11.1 Å². The molecule has 23 heavy (non-hydrogen) atoms. The van der Waals surface area contributed by atoms with E-state index in [2.05, 4.69) is 24.3 Å². The molecule has 0 amide bonds. The third-order valence-corrected chi connectivity index (χ3v) is 4.09. The number of ether oxygens (including phenoxy) is 2. The lowest BCUT2D eigenvalue weighted by molar-refractivity contribution is -0.143. The van der Waals surface area contributed by atoms with Gasteiger partial charge in [-0.15, -0.1) is 0 Å². The zero-order valence-corrected chi connectivity index (χ0v) is 13.4. The highest BCUT2D eigenvalue weighted by Gasteiger charge is 2.26. The van der Waals surface area contributed by atoms with Crippen molar-refractivity contribution < 1.29 is 14.3 Å². The minimum atomic E-state index is -0.157. The predicted molar refractivity (Wildman–Crippen MR) is 90.5 cm³/mol. The average molecular weight is 308 g/mol. The number of carbonyl (C=O) groups is 1. The van der Waals surface area contributed by atoms with Crippen molar-refractivity contribution in [1.82, 2.24) is 0 Å². The fourth-order valence-electron chi connectivity index (χ4n) is 3.06. The molecule has 3 nitrogen and oxygen atoms in total. The van der Waals surface area contributed by atoms with E-state index in [1.807, 2.05) is 37.3 Å². The van der Waals surface area contributed by atoms with Gasteiger partial charge in [0, 0.05) is 5.92 Å². The maximum absolute atomic E-state index is 11.9. The van der Waals surface area contributed by atoms with Crippen molar-refractivity contribution in [2.45, 2.75) is 19.3 Å². The normalized spacial score (nSPS) is 15.7. The summed E-state index contributed by atoms with van der Waals surface area (Å²) in [5, 5.41) is 0. The van der Waals surface area contributed by atoms with E-state index in [1.54, 1.807) is 7.11 Å². The van der Waals surface area contributed by atoms with E-state index in [9.17, 15) is 4.79 Å². The van der Waals surface area contributed by atoms with E-state index >= 15 is 0 Å². The first-order valence-corrected chi connectivity index (χ1v) is 7.84. The van der Waals surface area contributed by atoms with Gasteiger partial charge >= 0.3 is 5.97 Å². The van der Waals surface area contributed by atoms with Crippen molar-refractivity contribution >= 4 is 11.5 Å². The highest BCUT2D eigenvalue weighted by Crippen LogP contribution is 2.41. The Kier molecular flexibility index (Phi) is 4.47. The largest absolute Gasteiger partial charge is 0.497 e. The molecule has 1 atom stereocenters. The lowest BCUT2D eigenvalue weighted by atomic mass is 9.96. The molecule has 118 valence electrons. The summed E-state index contributed by atoms with van der Waals surface area (Å²) in [5.41, 5.74) is 4.60. The second-order valence-corrected chi connectivity index (χ2v) is 5.52. The van der Waals surface area contributed by atoms with E-state index in [0.29, 0.717) is 13.0 Å². The van der Waals surface area contributed by atoms with Crippen molar-refractivity contribution in [2.75, 3.05) is 13.7 Å². The molecule has 3 rings (SSSR count). The van der Waals surface area contributed by atoms with Gasteiger partial charge in [0.05, 0.1) is 20.1 Å². The fourth-order valence-corrected chi connectivity index (χ4v) is 3.06. The van der Waals surface area contributed by atoms with Crippen LogP contribution in [0.25, 0.3) is 5.57 Å². The van der Waals surface area contributed by atoms with E-state index < -0.39 is 0 Å². The molecule has 0 aromatic heterocycles. The highest BCUT2D eigenvalue weighted by molar-refractivity contribution is 5.87. The second kappa shape index (κ2) is 6.69. The lowest BCUT2D eigenvalue weighted by Gasteiger charge is -2.10. The summed E-state index contributed by atoms with van der Waals surface area (Å²) in [5.74, 6) is 0.733. The summed E-state index contributed by atoms with van der Waals surface area (Å²) in [7, 11) is 1.67. The van der Waals surface area contributed by atoms with Crippen LogP contribution in [0.5, 0.6) is 5.75 Å². The first-order valence-electron chi connectivity index (χ1n) is 7.84. The third kappa shape index (κ3) is 3.14. The van der Waals surface area contributed by atoms with Gasteiger partial charge in [-0.2, -0.15) is 0 Å². The Balaban J connectivity index is 1.97. The van der Waals surface area contributed by atoms with Gasteiger partial charge in [-0.05, 0) is 41.3 Å². The Hall–Kier alpha value is -2.55. The minimum Gasteiger partial charge on any atom is -0.497 e. The molecule has 2 aromatic rings. The summed E-state index contributed by atoms with van der Waals surface area (Å²) in [6, 6.07) is 16.2. The molecule has 0 aliphatic heterocycles. The molecule has 0 spiro atoms. The van der Waals surface area contributed by atoms with Crippen molar-refractivity contribution in [3.63, 3.8) is 0 Å². The second-order valence-electron chi connectivity index (χ2n) is 5.52. The van der Waals surface area contributed by atoms with Crippen LogP contribution < -0.4 is 4.74 Å². The van der Waals surface area contributed by atoms with Crippen LogP contribution in [0.3, 0.4) is 0 Å². The SMILES string of the molecule is CCOC(=O)CC1C=C(c2cccc(OC)c2)c2ccccc21. The summed E-state index contributed by atoms with van der Waals surface area (Å²) >= 11 is 0. The number of benzene rings is 2. The van der Waals surface area contributed by atoms with Crippen LogP contribution >= 0.6 is 0 Å². The molecule has 0 radical (unpaired) electrons. The fraction of sp³-hybridized carbons (Fsp3) is 0.250. The van der Waals surface area contributed by atoms with Crippen LogP contribution in [-0.4, -0.2) is 19.7 Å². The van der Waals surface area contributed by atoms with Crippen LogP contribution in [-0.2, 0) is 9.53 Å². The molecule has 1 aliphatic carbocycles. The lowest BCUT2D eigenvalue weighted by Crippen LogP contribution is -2.08. The average Bonchev–Trinajstić information content (AvgIpc) is 2.94. The number of hydrogen-bond donors (Lipinski definition) is 0. The number of allylic oxidation sites excluding steroid dienone is 1. The van der Waals surface area contributed by atoms with Gasteiger partial charge in [-0.3, -0.25) is 4.79 Å². The first kappa shape index (κ1) is 15.3. The third-order valence-electron chi connectivity index (χ3n) is 4.09. The van der Waals surface area contributed by atoms with Gasteiger partial charge in [0.2, 0.25) is 0 Å². The van der Waals surface area contributed by atoms with Crippen LogP contribution in [0.1, 0.15) is 36.0 Å². The molecular formula is C20H20O3. The molecule has 1 unspecified atom stereocenters. The van der Waals surface area contributed by atoms with Crippen LogP contribution in [0.4, 0.5) is 0 Å². The number of fused-ring (bicyclic) bond motifs is 1. The number of methoxy groups -OCH3 is 1. The van der Waals surface area contributed by atoms with Gasteiger partial charge < -0.3 is 9.47 Å². The first-order chi connectivity index (χ1) is 11.2. The number of esters is 1. The molecule has 0 fully saturated rings. The van der Waals surface area contributed by atoms with Crippen molar-refractivity contribution in [3.05, 3.63) is 71.3 Å². The molecule has 3 heteroatoms. The van der Waals surface area contributed by atoms with Gasteiger partial charge in [-0.1, -0.05) is 42.5 Å². The van der Waals surface area contributed by atoms with Crippen LogP contribution in [0.15, 0.2) is 54.6 Å². The number of hydrogen-bond acceptors (Lipinski definition) is 3. The van der Waals surface area contributed by atoms with Gasteiger partial charge in [0.15, 0.2) is 0 Å². The van der Waals surface area contributed by atoms with Crippen LogP contribution in [0, 0.1) is 0 Å². The summed E-state index contributed by atoms with van der Waals surface area (Å²) in [6.45, 7) is 2.25. The molecule has 0 saturated carbocycles. The topological polar surface area (TPSA) is 35.5 Å². The molecule has 2 aromatic carbocycles. The maximum Gasteiger partial charge on any atom is 0.306 e.